The standard InChI is InChI=1S/C20H20N2O4/c1-3-25-20(24)21-15-9-10-17-14(11-19(23)26-18(17)12-15)13-22(2)16-7-5-4-6-8-16/h4-12H,3,13H2,1-2H3,(H,21,24). The average Bonchev–Trinajstić information content (AvgIpc) is 2.62. The second-order valence-corrected chi connectivity index (χ2v) is 5.84. The lowest BCUT2D eigenvalue weighted by atomic mass is 10.1. The van der Waals surface area contributed by atoms with Gasteiger partial charge in [-0.2, -0.15) is 0 Å². The number of ether oxygens (including phenoxy) is 1. The van der Waals surface area contributed by atoms with E-state index in [0.717, 1.165) is 16.6 Å². The van der Waals surface area contributed by atoms with Crippen molar-refractivity contribution >= 4 is 28.4 Å². The van der Waals surface area contributed by atoms with Gasteiger partial charge in [0.15, 0.2) is 0 Å². The highest BCUT2D eigenvalue weighted by Gasteiger charge is 2.11. The fourth-order valence-electron chi connectivity index (χ4n) is 2.75. The van der Waals surface area contributed by atoms with E-state index < -0.39 is 11.7 Å². The Kier molecular flexibility index (Phi) is 5.22. The van der Waals surface area contributed by atoms with E-state index in [1.165, 1.54) is 6.07 Å². The van der Waals surface area contributed by atoms with Gasteiger partial charge in [-0.15, -0.1) is 0 Å². The van der Waals surface area contributed by atoms with Gasteiger partial charge in [0.2, 0.25) is 0 Å². The highest BCUT2D eigenvalue weighted by atomic mass is 16.5. The molecule has 6 heteroatoms. The molecule has 0 aliphatic rings. The van der Waals surface area contributed by atoms with E-state index in [1.807, 2.05) is 43.4 Å². The zero-order valence-corrected chi connectivity index (χ0v) is 14.7. The monoisotopic (exact) mass is 352 g/mol. The van der Waals surface area contributed by atoms with Gasteiger partial charge in [0.25, 0.3) is 0 Å². The van der Waals surface area contributed by atoms with Gasteiger partial charge >= 0.3 is 11.7 Å². The van der Waals surface area contributed by atoms with E-state index in [9.17, 15) is 9.59 Å². The van der Waals surface area contributed by atoms with Crippen LogP contribution in [0.1, 0.15) is 12.5 Å². The zero-order chi connectivity index (χ0) is 18.5. The third-order valence-electron chi connectivity index (χ3n) is 3.96. The lowest BCUT2D eigenvalue weighted by Crippen LogP contribution is -2.17. The predicted molar refractivity (Wildman–Crippen MR) is 102 cm³/mol. The quantitative estimate of drug-likeness (QED) is 0.703. The van der Waals surface area contributed by atoms with Crippen LogP contribution in [-0.4, -0.2) is 19.7 Å². The number of nitrogens with one attached hydrogen (secondary N) is 1. The first-order valence-electron chi connectivity index (χ1n) is 8.33. The van der Waals surface area contributed by atoms with Crippen molar-refractivity contribution in [1.29, 1.82) is 0 Å². The molecule has 0 fully saturated rings. The molecule has 2 aromatic carbocycles. The van der Waals surface area contributed by atoms with Crippen molar-refractivity contribution in [3.05, 3.63) is 70.6 Å². The van der Waals surface area contributed by atoms with Crippen LogP contribution in [0.3, 0.4) is 0 Å². The lowest BCUT2D eigenvalue weighted by Gasteiger charge is -2.20. The number of para-hydroxylation sites is 1. The van der Waals surface area contributed by atoms with Crippen molar-refractivity contribution in [3.8, 4) is 0 Å². The van der Waals surface area contributed by atoms with Gasteiger partial charge in [0.1, 0.15) is 5.58 Å². The summed E-state index contributed by atoms with van der Waals surface area (Å²) >= 11 is 0. The number of hydrogen-bond donors (Lipinski definition) is 1. The molecule has 6 nitrogen and oxygen atoms in total. The predicted octanol–water partition coefficient (Wildman–Crippen LogP) is 4.00. The maximum Gasteiger partial charge on any atom is 0.411 e. The van der Waals surface area contributed by atoms with Crippen LogP contribution < -0.4 is 15.8 Å². The van der Waals surface area contributed by atoms with E-state index in [4.69, 9.17) is 9.15 Å². The van der Waals surface area contributed by atoms with Crippen LogP contribution in [0.5, 0.6) is 0 Å². The maximum absolute atomic E-state index is 12.0. The number of fused-ring (bicyclic) bond motifs is 1. The number of amides is 1. The van der Waals surface area contributed by atoms with Crippen molar-refractivity contribution in [3.63, 3.8) is 0 Å². The minimum absolute atomic E-state index is 0.282. The number of hydrogen-bond acceptors (Lipinski definition) is 5. The van der Waals surface area contributed by atoms with E-state index in [0.29, 0.717) is 17.8 Å². The van der Waals surface area contributed by atoms with Crippen molar-refractivity contribution in [2.45, 2.75) is 13.5 Å². The zero-order valence-electron chi connectivity index (χ0n) is 14.7. The van der Waals surface area contributed by atoms with Crippen molar-refractivity contribution in [2.24, 2.45) is 0 Å². The average molecular weight is 352 g/mol. The third-order valence-corrected chi connectivity index (χ3v) is 3.96. The first-order chi connectivity index (χ1) is 12.6. The molecule has 3 rings (SSSR count). The molecule has 26 heavy (non-hydrogen) atoms. The Labute approximate surface area is 151 Å². The summed E-state index contributed by atoms with van der Waals surface area (Å²) in [5.74, 6) is 0. The first kappa shape index (κ1) is 17.5. The molecule has 0 aliphatic carbocycles. The Morgan fingerprint density at radius 2 is 1.92 bits per heavy atom. The van der Waals surface area contributed by atoms with Gasteiger partial charge in [0, 0.05) is 42.5 Å². The number of nitrogens with zero attached hydrogens (tertiary/aromatic N) is 1. The summed E-state index contributed by atoms with van der Waals surface area (Å²) in [6.07, 6.45) is -0.547. The summed E-state index contributed by atoms with van der Waals surface area (Å²) in [4.78, 5) is 25.6. The molecule has 0 saturated carbocycles. The molecule has 1 heterocycles. The molecule has 3 aromatic rings. The second kappa shape index (κ2) is 7.74. The third kappa shape index (κ3) is 4.03. The van der Waals surface area contributed by atoms with Gasteiger partial charge < -0.3 is 14.1 Å². The first-order valence-corrected chi connectivity index (χ1v) is 8.33. The Hall–Kier alpha value is -3.28. The van der Waals surface area contributed by atoms with Crippen LogP contribution in [0.25, 0.3) is 11.0 Å². The molecule has 1 N–H and O–H groups in total. The van der Waals surface area contributed by atoms with Gasteiger partial charge in [-0.05, 0) is 36.8 Å². The van der Waals surface area contributed by atoms with Crippen molar-refractivity contribution in [2.75, 3.05) is 23.9 Å². The molecule has 0 spiro atoms. The summed E-state index contributed by atoms with van der Waals surface area (Å²) in [5, 5.41) is 3.43. The Balaban J connectivity index is 1.91. The van der Waals surface area contributed by atoms with Crippen molar-refractivity contribution in [1.82, 2.24) is 0 Å². The van der Waals surface area contributed by atoms with Gasteiger partial charge in [-0.1, -0.05) is 18.2 Å². The summed E-state index contributed by atoms with van der Waals surface area (Å²) in [5.41, 5.74) is 2.40. The van der Waals surface area contributed by atoms with Crippen molar-refractivity contribution < 1.29 is 13.9 Å². The highest BCUT2D eigenvalue weighted by Crippen LogP contribution is 2.24. The normalized spacial score (nSPS) is 10.5. The SMILES string of the molecule is CCOC(=O)Nc1ccc2c(CN(C)c3ccccc3)cc(=O)oc2c1. The minimum atomic E-state index is -0.547. The second-order valence-electron chi connectivity index (χ2n) is 5.84. The molecule has 0 saturated heterocycles. The number of carbonyl (C=O) groups is 1. The molecule has 0 unspecified atom stereocenters. The smallest absolute Gasteiger partial charge is 0.411 e. The molecule has 134 valence electrons. The van der Waals surface area contributed by atoms with Crippen LogP contribution in [-0.2, 0) is 11.3 Å². The van der Waals surface area contributed by atoms with E-state index in [1.54, 1.807) is 19.1 Å². The van der Waals surface area contributed by atoms with Gasteiger partial charge in [0.05, 0.1) is 6.61 Å². The Bertz CT molecular complexity index is 966. The van der Waals surface area contributed by atoms with Crippen LogP contribution in [0.15, 0.2) is 63.8 Å². The summed E-state index contributed by atoms with van der Waals surface area (Å²) in [6, 6.07) is 16.6. The largest absolute Gasteiger partial charge is 0.450 e. The minimum Gasteiger partial charge on any atom is -0.450 e. The molecule has 0 radical (unpaired) electrons. The van der Waals surface area contributed by atoms with Crippen LogP contribution in [0.2, 0.25) is 0 Å². The Morgan fingerprint density at radius 1 is 1.15 bits per heavy atom. The Morgan fingerprint density at radius 3 is 2.65 bits per heavy atom. The molecule has 0 aliphatic heterocycles. The molecular weight excluding hydrogens is 332 g/mol. The molecule has 1 aromatic heterocycles. The van der Waals surface area contributed by atoms with Crippen LogP contribution in [0, 0.1) is 0 Å². The summed E-state index contributed by atoms with van der Waals surface area (Å²) in [6.45, 7) is 2.57. The molecule has 0 atom stereocenters. The molecular formula is C20H20N2O4. The molecule has 0 bridgehead atoms. The number of anilines is 2. The van der Waals surface area contributed by atoms with E-state index in [-0.39, 0.29) is 6.61 Å². The number of rotatable bonds is 5. The van der Waals surface area contributed by atoms with E-state index in [2.05, 4.69) is 10.2 Å². The summed E-state index contributed by atoms with van der Waals surface area (Å²) < 4.78 is 10.2. The molecule has 1 amide bonds. The number of benzene rings is 2. The summed E-state index contributed by atoms with van der Waals surface area (Å²) in [7, 11) is 1.96. The number of carbonyl (C=O) groups excluding carboxylic acids is 1. The lowest BCUT2D eigenvalue weighted by molar-refractivity contribution is 0.168. The topological polar surface area (TPSA) is 71.8 Å². The fourth-order valence-corrected chi connectivity index (χ4v) is 2.75. The van der Waals surface area contributed by atoms with Crippen LogP contribution in [0.4, 0.5) is 16.2 Å². The van der Waals surface area contributed by atoms with E-state index >= 15 is 0 Å². The van der Waals surface area contributed by atoms with Gasteiger partial charge in [-0.3, -0.25) is 5.32 Å². The van der Waals surface area contributed by atoms with Crippen LogP contribution >= 0.6 is 0 Å². The van der Waals surface area contributed by atoms with Gasteiger partial charge in [-0.25, -0.2) is 9.59 Å². The maximum atomic E-state index is 12.0. The fraction of sp³-hybridized carbons (Fsp3) is 0.200. The highest BCUT2D eigenvalue weighted by molar-refractivity contribution is 5.90.